The molecule has 2 unspecified atom stereocenters. The predicted molar refractivity (Wildman–Crippen MR) is 158 cm³/mol. The van der Waals surface area contributed by atoms with Crippen molar-refractivity contribution < 1.29 is 8.85 Å². The lowest BCUT2D eigenvalue weighted by atomic mass is 9.82. The zero-order valence-electron chi connectivity index (χ0n) is 23.9. The Morgan fingerprint density at radius 3 is 1.91 bits per heavy atom. The number of thiophene rings is 1. The van der Waals surface area contributed by atoms with Crippen LogP contribution in [-0.2, 0) is 14.5 Å². The molecule has 0 fully saturated rings. The summed E-state index contributed by atoms with van der Waals surface area (Å²) in [7, 11) is -4.18. The van der Waals surface area contributed by atoms with Crippen LogP contribution < -0.4 is 0 Å². The van der Waals surface area contributed by atoms with Gasteiger partial charge in [-0.1, -0.05) is 98.7 Å². The first-order valence-electron chi connectivity index (χ1n) is 13.4. The molecule has 1 aliphatic carbocycles. The van der Waals surface area contributed by atoms with Crippen LogP contribution in [0.1, 0.15) is 85.1 Å². The van der Waals surface area contributed by atoms with E-state index in [1.165, 1.54) is 10.4 Å². The molecule has 2 aromatic rings. The fourth-order valence-corrected chi connectivity index (χ4v) is 13.5. The molecule has 1 heterocycles. The van der Waals surface area contributed by atoms with Gasteiger partial charge in [-0.25, -0.2) is 0 Å². The summed E-state index contributed by atoms with van der Waals surface area (Å²) in [6.45, 7) is 26.0. The summed E-state index contributed by atoms with van der Waals surface area (Å²) in [6, 6.07) is 15.5. The van der Waals surface area contributed by atoms with Crippen molar-refractivity contribution in [3.63, 3.8) is 0 Å². The number of hydrogen-bond donors (Lipinski definition) is 0. The smallest absolute Gasteiger partial charge is 0.250 e. The van der Waals surface area contributed by atoms with E-state index in [1.807, 2.05) is 11.3 Å². The van der Waals surface area contributed by atoms with E-state index in [1.54, 1.807) is 0 Å². The zero-order valence-corrected chi connectivity index (χ0v) is 26.8. The lowest BCUT2D eigenvalue weighted by Gasteiger charge is -2.50. The van der Waals surface area contributed by atoms with Gasteiger partial charge in [0.25, 0.3) is 0 Å². The van der Waals surface area contributed by atoms with Gasteiger partial charge in [0, 0.05) is 17.2 Å². The second-order valence-electron chi connectivity index (χ2n) is 12.8. The van der Waals surface area contributed by atoms with Crippen molar-refractivity contribution in [3.8, 4) is 0 Å². The Morgan fingerprint density at radius 2 is 1.46 bits per heavy atom. The third-order valence-corrected chi connectivity index (χ3v) is 20.1. The minimum absolute atomic E-state index is 0.146. The normalized spacial score (nSPS) is 21.8. The van der Waals surface area contributed by atoms with Crippen molar-refractivity contribution in [1.82, 2.24) is 0 Å². The summed E-state index contributed by atoms with van der Waals surface area (Å²) in [5.41, 5.74) is 2.36. The van der Waals surface area contributed by atoms with Gasteiger partial charge in [-0.05, 0) is 57.8 Å². The third-order valence-electron chi connectivity index (χ3n) is 8.66. The summed E-state index contributed by atoms with van der Waals surface area (Å²) in [5, 5.41) is 2.35. The van der Waals surface area contributed by atoms with Crippen LogP contribution in [0.25, 0.3) is 0 Å². The van der Waals surface area contributed by atoms with E-state index < -0.39 is 22.2 Å². The van der Waals surface area contributed by atoms with Crippen molar-refractivity contribution >= 4 is 28.0 Å². The topological polar surface area (TPSA) is 18.5 Å². The summed E-state index contributed by atoms with van der Waals surface area (Å²) >= 11 is 1.84. The molecule has 0 spiro atoms. The molecule has 194 valence electrons. The Kier molecular flexibility index (Phi) is 8.38. The fourth-order valence-electron chi connectivity index (χ4n) is 5.91. The van der Waals surface area contributed by atoms with Gasteiger partial charge in [-0.15, -0.1) is 11.3 Å². The maximum Gasteiger partial charge on any atom is 0.250 e. The predicted octanol–water partition coefficient (Wildman–Crippen LogP) is 10.2. The third kappa shape index (κ3) is 5.30. The van der Waals surface area contributed by atoms with Gasteiger partial charge in [0.15, 0.2) is 0 Å². The first-order chi connectivity index (χ1) is 16.2. The van der Waals surface area contributed by atoms with Gasteiger partial charge in [0.1, 0.15) is 0 Å². The second kappa shape index (κ2) is 10.3. The Labute approximate surface area is 221 Å². The molecule has 0 saturated heterocycles. The highest BCUT2D eigenvalue weighted by atomic mass is 32.1. The van der Waals surface area contributed by atoms with E-state index >= 15 is 0 Å². The molecule has 1 aromatic carbocycles. The van der Waals surface area contributed by atoms with E-state index in [0.29, 0.717) is 16.6 Å². The molecule has 35 heavy (non-hydrogen) atoms. The fraction of sp³-hybridized carbons (Fsp3) is 0.600. The Bertz CT molecular complexity index is 965. The molecule has 0 amide bonds. The number of hydrogen-bond acceptors (Lipinski definition) is 3. The molecule has 1 aliphatic rings. The molecule has 0 aliphatic heterocycles. The minimum Gasteiger partial charge on any atom is -0.547 e. The van der Waals surface area contributed by atoms with Gasteiger partial charge in [0.2, 0.25) is 16.6 Å². The summed E-state index contributed by atoms with van der Waals surface area (Å²) in [6.07, 6.45) is 3.21. The second-order valence-corrected chi connectivity index (χ2v) is 23.9. The van der Waals surface area contributed by atoms with Gasteiger partial charge < -0.3 is 8.85 Å². The van der Waals surface area contributed by atoms with Crippen molar-refractivity contribution in [1.29, 1.82) is 0 Å². The highest BCUT2D eigenvalue weighted by Crippen LogP contribution is 2.58. The molecule has 0 bridgehead atoms. The van der Waals surface area contributed by atoms with E-state index in [4.69, 9.17) is 8.85 Å². The molecule has 1 aromatic heterocycles. The monoisotopic (exact) mass is 528 g/mol. The van der Waals surface area contributed by atoms with Crippen LogP contribution in [0.2, 0.25) is 34.8 Å². The molecule has 5 heteroatoms. The Morgan fingerprint density at radius 1 is 0.886 bits per heavy atom. The standard InChI is InChI=1S/C30H48O2SSi2/c1-22(2)35(23(3)4,24(5)6)32-30(25-16-13-12-14-17-25)21-26(31-34(10,11)29(7,8)9)20-27(30)28-18-15-19-33-28/h12-20,22-24,27H,21H2,1-11H3. The molecule has 0 saturated carbocycles. The van der Waals surface area contributed by atoms with Crippen LogP contribution in [0.4, 0.5) is 0 Å². The van der Waals surface area contributed by atoms with Crippen molar-refractivity contribution in [3.05, 3.63) is 70.1 Å². The van der Waals surface area contributed by atoms with Crippen LogP contribution in [0.5, 0.6) is 0 Å². The van der Waals surface area contributed by atoms with Crippen LogP contribution in [0, 0.1) is 0 Å². The first kappa shape index (κ1) is 28.4. The molecule has 3 rings (SSSR count). The molecule has 2 nitrogen and oxygen atoms in total. The van der Waals surface area contributed by atoms with Gasteiger partial charge in [0.05, 0.1) is 11.4 Å². The molecule has 2 atom stereocenters. The molecular formula is C30H48O2SSi2. The highest BCUT2D eigenvalue weighted by molar-refractivity contribution is 7.10. The summed E-state index contributed by atoms with van der Waals surface area (Å²) < 4.78 is 14.9. The average Bonchev–Trinajstić information content (AvgIpc) is 3.39. The van der Waals surface area contributed by atoms with Crippen molar-refractivity contribution in [2.24, 2.45) is 0 Å². The number of benzene rings is 1. The Hall–Kier alpha value is -1.15. The van der Waals surface area contributed by atoms with Gasteiger partial charge >= 0.3 is 0 Å². The zero-order chi connectivity index (χ0) is 26.2. The van der Waals surface area contributed by atoms with Crippen LogP contribution >= 0.6 is 11.3 Å². The van der Waals surface area contributed by atoms with Crippen LogP contribution in [0.3, 0.4) is 0 Å². The molecular weight excluding hydrogens is 481 g/mol. The molecule has 0 radical (unpaired) electrons. The van der Waals surface area contributed by atoms with E-state index in [9.17, 15) is 0 Å². The quantitative estimate of drug-likeness (QED) is 0.301. The van der Waals surface area contributed by atoms with Crippen molar-refractivity contribution in [2.45, 2.75) is 115 Å². The van der Waals surface area contributed by atoms with Crippen molar-refractivity contribution in [2.75, 3.05) is 0 Å². The highest BCUT2D eigenvalue weighted by Gasteiger charge is 2.56. The van der Waals surface area contributed by atoms with E-state index in [2.05, 4.69) is 129 Å². The first-order valence-corrected chi connectivity index (χ1v) is 19.3. The molecule has 0 N–H and O–H groups in total. The SMILES string of the molecule is CC(C)[Si](OC1(c2ccccc2)CC(O[Si](C)(C)C(C)(C)C)=CC1c1cccs1)(C(C)C)C(C)C. The maximum absolute atomic E-state index is 7.85. The summed E-state index contributed by atoms with van der Waals surface area (Å²) in [4.78, 5) is 1.36. The minimum atomic E-state index is -2.20. The maximum atomic E-state index is 7.85. The average molecular weight is 529 g/mol. The summed E-state index contributed by atoms with van der Waals surface area (Å²) in [5.74, 6) is 1.27. The lowest BCUT2D eigenvalue weighted by molar-refractivity contribution is 0.0356. The largest absolute Gasteiger partial charge is 0.547 e. The van der Waals surface area contributed by atoms with Gasteiger partial charge in [-0.2, -0.15) is 0 Å². The number of rotatable bonds is 9. The van der Waals surface area contributed by atoms with Crippen LogP contribution in [0.15, 0.2) is 59.7 Å². The lowest BCUT2D eigenvalue weighted by Crippen LogP contribution is -2.54. The van der Waals surface area contributed by atoms with Gasteiger partial charge in [-0.3, -0.25) is 0 Å². The van der Waals surface area contributed by atoms with E-state index in [-0.39, 0.29) is 11.0 Å². The van der Waals surface area contributed by atoms with Crippen LogP contribution in [-0.4, -0.2) is 16.6 Å². The Balaban J connectivity index is 2.23. The van der Waals surface area contributed by atoms with E-state index in [0.717, 1.165) is 12.2 Å².